The predicted octanol–water partition coefficient (Wildman–Crippen LogP) is 5.51. The molecule has 0 aliphatic heterocycles. The van der Waals surface area contributed by atoms with Crippen LogP contribution < -0.4 is 0 Å². The van der Waals surface area contributed by atoms with Gasteiger partial charge in [0.1, 0.15) is 0 Å². The van der Waals surface area contributed by atoms with Crippen molar-refractivity contribution >= 4 is 0 Å². The number of fused-ring (bicyclic) bond motifs is 3. The lowest BCUT2D eigenvalue weighted by molar-refractivity contribution is 0.244. The van der Waals surface area contributed by atoms with Crippen molar-refractivity contribution in [3.8, 4) is 0 Å². The Morgan fingerprint density at radius 1 is 0.833 bits per heavy atom. The van der Waals surface area contributed by atoms with E-state index in [1.165, 1.54) is 25.7 Å². The van der Waals surface area contributed by atoms with Gasteiger partial charge < -0.3 is 0 Å². The molecule has 0 radical (unpaired) electrons. The summed E-state index contributed by atoms with van der Waals surface area (Å²) in [5, 5.41) is 0. The van der Waals surface area contributed by atoms with Crippen molar-refractivity contribution in [2.45, 2.75) is 67.2 Å². The second-order valence-electron chi connectivity index (χ2n) is 8.67. The van der Waals surface area contributed by atoms with Gasteiger partial charge in [-0.2, -0.15) is 0 Å². The van der Waals surface area contributed by atoms with Gasteiger partial charge in [-0.1, -0.05) is 52.7 Å². The van der Waals surface area contributed by atoms with Crippen LogP contribution in [0, 0.1) is 22.7 Å². The number of hydrogen-bond donors (Lipinski definition) is 0. The third-order valence-electron chi connectivity index (χ3n) is 5.43. The molecule has 0 aromatic rings. The Morgan fingerprint density at radius 2 is 1.44 bits per heavy atom. The highest BCUT2D eigenvalue weighted by atomic mass is 14.5. The van der Waals surface area contributed by atoms with Gasteiger partial charge in [0.15, 0.2) is 0 Å². The van der Waals surface area contributed by atoms with Crippen molar-refractivity contribution in [1.29, 1.82) is 0 Å². The summed E-state index contributed by atoms with van der Waals surface area (Å²) in [6, 6.07) is 0. The average Bonchev–Trinajstić information content (AvgIpc) is 2.59. The first-order valence-electron chi connectivity index (χ1n) is 7.66. The summed E-state index contributed by atoms with van der Waals surface area (Å²) in [6.07, 6.45) is 5.60. The smallest absolute Gasteiger partial charge is 0.00860 e. The Balaban J connectivity index is 2.09. The Morgan fingerprint density at radius 3 is 1.89 bits per heavy atom. The molecule has 3 aliphatic carbocycles. The minimum atomic E-state index is 0.358. The Bertz CT molecular complexity index is 445. The number of rotatable bonds is 0. The summed E-state index contributed by atoms with van der Waals surface area (Å²) in [5.74, 6) is 1.94. The third-order valence-corrected chi connectivity index (χ3v) is 5.43. The highest BCUT2D eigenvalue weighted by Crippen LogP contribution is 2.61. The number of allylic oxidation sites excluding steroid dienone is 4. The van der Waals surface area contributed by atoms with Gasteiger partial charge in [-0.3, -0.25) is 0 Å². The zero-order valence-corrected chi connectivity index (χ0v) is 13.0. The van der Waals surface area contributed by atoms with Gasteiger partial charge in [0.2, 0.25) is 0 Å². The van der Waals surface area contributed by atoms with E-state index < -0.39 is 0 Å². The van der Waals surface area contributed by atoms with Crippen LogP contribution in [-0.2, 0) is 0 Å². The minimum Gasteiger partial charge on any atom is -0.0572 e. The zero-order chi connectivity index (χ0) is 13.3. The van der Waals surface area contributed by atoms with Crippen LogP contribution in [0.2, 0.25) is 0 Å². The first-order valence-corrected chi connectivity index (χ1v) is 7.66. The summed E-state index contributed by atoms with van der Waals surface area (Å²) in [4.78, 5) is 0. The molecule has 0 aromatic carbocycles. The molecule has 3 aliphatic rings. The maximum Gasteiger partial charge on any atom is -0.00860 e. The molecule has 3 rings (SSSR count). The van der Waals surface area contributed by atoms with Gasteiger partial charge in [0.25, 0.3) is 0 Å². The van der Waals surface area contributed by atoms with Gasteiger partial charge in [-0.05, 0) is 59.5 Å². The monoisotopic (exact) mass is 244 g/mol. The molecular weight excluding hydrogens is 216 g/mol. The molecule has 0 amide bonds. The topological polar surface area (TPSA) is 0 Å². The van der Waals surface area contributed by atoms with E-state index in [1.807, 2.05) is 5.57 Å². The van der Waals surface area contributed by atoms with Crippen molar-refractivity contribution < 1.29 is 0 Å². The van der Waals surface area contributed by atoms with E-state index in [4.69, 9.17) is 0 Å². The van der Waals surface area contributed by atoms with Gasteiger partial charge in [0.05, 0.1) is 0 Å². The molecule has 2 atom stereocenters. The van der Waals surface area contributed by atoms with Crippen LogP contribution in [0.5, 0.6) is 0 Å². The second kappa shape index (κ2) is 3.52. The standard InChI is InChI=1S/C18H28/c1-17(2,3)14-10-15(18(4,5)6)16-12-8-7-11(12)9-13(14)16/h11-12H,7-10H2,1-6H3. The maximum atomic E-state index is 2.41. The molecule has 0 heterocycles. The molecule has 2 saturated carbocycles. The summed E-state index contributed by atoms with van der Waals surface area (Å²) in [7, 11) is 0. The first kappa shape index (κ1) is 12.5. The molecule has 100 valence electrons. The van der Waals surface area contributed by atoms with E-state index in [-0.39, 0.29) is 0 Å². The lowest BCUT2D eigenvalue weighted by Crippen LogP contribution is -2.23. The molecule has 2 fully saturated rings. The first-order chi connectivity index (χ1) is 8.19. The van der Waals surface area contributed by atoms with Crippen LogP contribution in [0.15, 0.2) is 22.3 Å². The minimum absolute atomic E-state index is 0.358. The van der Waals surface area contributed by atoms with Crippen LogP contribution in [0.1, 0.15) is 67.2 Å². The Labute approximate surface area is 113 Å². The molecule has 2 unspecified atom stereocenters. The summed E-state index contributed by atoms with van der Waals surface area (Å²) >= 11 is 0. The molecule has 0 heteroatoms. The van der Waals surface area contributed by atoms with Crippen LogP contribution in [-0.4, -0.2) is 0 Å². The lowest BCUT2D eigenvalue weighted by atomic mass is 9.71. The van der Waals surface area contributed by atoms with E-state index >= 15 is 0 Å². The Kier molecular flexibility index (Phi) is 2.45. The van der Waals surface area contributed by atoms with E-state index in [2.05, 4.69) is 41.5 Å². The second-order valence-corrected chi connectivity index (χ2v) is 8.67. The van der Waals surface area contributed by atoms with Crippen molar-refractivity contribution in [1.82, 2.24) is 0 Å². The highest BCUT2D eigenvalue weighted by molar-refractivity contribution is 5.56. The average molecular weight is 244 g/mol. The Hall–Kier alpha value is -0.520. The van der Waals surface area contributed by atoms with Crippen molar-refractivity contribution in [2.75, 3.05) is 0 Å². The molecule has 18 heavy (non-hydrogen) atoms. The maximum absolute atomic E-state index is 2.41. The van der Waals surface area contributed by atoms with E-state index in [1.54, 1.807) is 16.7 Å². The van der Waals surface area contributed by atoms with E-state index in [0.29, 0.717) is 10.8 Å². The molecule has 0 nitrogen and oxygen atoms in total. The third kappa shape index (κ3) is 1.64. The molecule has 0 bridgehead atoms. The van der Waals surface area contributed by atoms with Crippen LogP contribution in [0.3, 0.4) is 0 Å². The normalized spacial score (nSPS) is 31.7. The van der Waals surface area contributed by atoms with E-state index in [9.17, 15) is 0 Å². The van der Waals surface area contributed by atoms with Crippen LogP contribution in [0.4, 0.5) is 0 Å². The summed E-state index contributed by atoms with van der Waals surface area (Å²) < 4.78 is 0. The SMILES string of the molecule is CC(C)(C)C1=C2CC3CCC3C2=C(C(C)(C)C)C1. The van der Waals surface area contributed by atoms with Crippen LogP contribution >= 0.6 is 0 Å². The molecule has 0 N–H and O–H groups in total. The fourth-order valence-electron chi connectivity index (χ4n) is 4.25. The van der Waals surface area contributed by atoms with E-state index in [0.717, 1.165) is 11.8 Å². The number of hydrogen-bond acceptors (Lipinski definition) is 0. The largest absolute Gasteiger partial charge is 0.0572 e. The zero-order valence-electron chi connectivity index (χ0n) is 13.0. The highest BCUT2D eigenvalue weighted by Gasteiger charge is 2.48. The van der Waals surface area contributed by atoms with Crippen molar-refractivity contribution in [3.63, 3.8) is 0 Å². The van der Waals surface area contributed by atoms with Gasteiger partial charge in [-0.25, -0.2) is 0 Å². The summed E-state index contributed by atoms with van der Waals surface area (Å²) in [5.41, 5.74) is 7.87. The van der Waals surface area contributed by atoms with Crippen molar-refractivity contribution in [2.24, 2.45) is 22.7 Å². The van der Waals surface area contributed by atoms with Crippen molar-refractivity contribution in [3.05, 3.63) is 22.3 Å². The van der Waals surface area contributed by atoms with Gasteiger partial charge in [-0.15, -0.1) is 0 Å². The van der Waals surface area contributed by atoms with Gasteiger partial charge in [0, 0.05) is 0 Å². The molecule has 0 saturated heterocycles. The lowest BCUT2D eigenvalue weighted by Gasteiger charge is -2.34. The fraction of sp³-hybridized carbons (Fsp3) is 0.778. The molecular formula is C18H28. The molecule has 0 aromatic heterocycles. The van der Waals surface area contributed by atoms with Gasteiger partial charge >= 0.3 is 0 Å². The quantitative estimate of drug-likeness (QED) is 0.527. The van der Waals surface area contributed by atoms with Crippen LogP contribution in [0.25, 0.3) is 0 Å². The molecule has 0 spiro atoms. The fourth-order valence-corrected chi connectivity index (χ4v) is 4.25. The predicted molar refractivity (Wildman–Crippen MR) is 78.4 cm³/mol. The summed E-state index contributed by atoms with van der Waals surface area (Å²) in [6.45, 7) is 14.4.